The summed E-state index contributed by atoms with van der Waals surface area (Å²) < 4.78 is 25.7. The quantitative estimate of drug-likeness (QED) is 0.285. The van der Waals surface area contributed by atoms with Crippen LogP contribution in [0.1, 0.15) is 69.3 Å². The molecule has 1 amide bonds. The number of piperidine rings is 2. The second-order valence-electron chi connectivity index (χ2n) is 11.1. The summed E-state index contributed by atoms with van der Waals surface area (Å²) in [5, 5.41) is 0. The first-order valence-corrected chi connectivity index (χ1v) is 17.5. The summed E-state index contributed by atoms with van der Waals surface area (Å²) >= 11 is 0. The fourth-order valence-corrected chi connectivity index (χ4v) is 7.33. The SMILES string of the molecule is CC.CC.CN(C)c1ccccc1C(=O)N1CCC(N2CCC(Cc3ccc(S(=O)(=O)c4ccccc4)cc3)CC2)CC1. The van der Waals surface area contributed by atoms with E-state index in [0.717, 1.165) is 69.5 Å². The average molecular weight is 606 g/mol. The van der Waals surface area contributed by atoms with Gasteiger partial charge in [0.25, 0.3) is 5.91 Å². The van der Waals surface area contributed by atoms with Crippen molar-refractivity contribution in [3.05, 3.63) is 90.0 Å². The minimum absolute atomic E-state index is 0.138. The van der Waals surface area contributed by atoms with Crippen molar-refractivity contribution in [3.63, 3.8) is 0 Å². The van der Waals surface area contributed by atoms with E-state index in [1.165, 1.54) is 5.56 Å². The molecule has 2 heterocycles. The first-order valence-electron chi connectivity index (χ1n) is 16.0. The summed E-state index contributed by atoms with van der Waals surface area (Å²) in [5.41, 5.74) is 2.96. The number of hydrogen-bond acceptors (Lipinski definition) is 5. The van der Waals surface area contributed by atoms with Gasteiger partial charge in [-0.15, -0.1) is 0 Å². The summed E-state index contributed by atoms with van der Waals surface area (Å²) in [6.07, 6.45) is 5.34. The molecule has 0 spiro atoms. The smallest absolute Gasteiger partial charge is 0.255 e. The van der Waals surface area contributed by atoms with E-state index in [9.17, 15) is 13.2 Å². The van der Waals surface area contributed by atoms with Crippen molar-refractivity contribution >= 4 is 21.4 Å². The fraction of sp³-hybridized carbons (Fsp3) is 0.472. The maximum absolute atomic E-state index is 13.2. The molecule has 0 aromatic heterocycles. The number of sulfone groups is 1. The normalized spacial score (nSPS) is 16.4. The highest BCUT2D eigenvalue weighted by atomic mass is 32.2. The molecule has 2 saturated heterocycles. The lowest BCUT2D eigenvalue weighted by Crippen LogP contribution is -2.49. The zero-order chi connectivity index (χ0) is 31.4. The van der Waals surface area contributed by atoms with E-state index in [4.69, 9.17) is 0 Å². The van der Waals surface area contributed by atoms with Crippen LogP contribution in [0.15, 0.2) is 88.7 Å². The molecule has 0 unspecified atom stereocenters. The molecule has 2 fully saturated rings. The van der Waals surface area contributed by atoms with Crippen LogP contribution < -0.4 is 4.90 Å². The van der Waals surface area contributed by atoms with Crippen molar-refractivity contribution in [2.75, 3.05) is 45.2 Å². The zero-order valence-corrected chi connectivity index (χ0v) is 27.8. The molecule has 0 aliphatic carbocycles. The van der Waals surface area contributed by atoms with Gasteiger partial charge >= 0.3 is 0 Å². The second-order valence-corrected chi connectivity index (χ2v) is 13.0. The van der Waals surface area contributed by atoms with Crippen LogP contribution in [0.2, 0.25) is 0 Å². The molecule has 6 nitrogen and oxygen atoms in total. The molecule has 5 rings (SSSR count). The summed E-state index contributed by atoms with van der Waals surface area (Å²) in [4.78, 5) is 20.6. The van der Waals surface area contributed by atoms with Crippen LogP contribution in [0, 0.1) is 5.92 Å². The molecular formula is C36H51N3O3S. The molecule has 0 atom stereocenters. The maximum atomic E-state index is 13.2. The van der Waals surface area contributed by atoms with Crippen LogP contribution in [0.5, 0.6) is 0 Å². The predicted molar refractivity (Wildman–Crippen MR) is 179 cm³/mol. The Kier molecular flexibility index (Phi) is 13.3. The lowest BCUT2D eigenvalue weighted by atomic mass is 9.88. The zero-order valence-electron chi connectivity index (χ0n) is 27.0. The fourth-order valence-electron chi connectivity index (χ4n) is 6.04. The number of amides is 1. The standard InChI is InChI=1S/C32H39N3O3S.2C2H6/c1-33(2)31-11-7-6-10-30(31)32(36)35-22-18-27(19-23-35)34-20-16-26(17-21-34)24-25-12-14-29(15-13-25)39(37,38)28-8-4-3-5-9-28;2*1-2/h3-15,26-27H,16-24H2,1-2H3;2*1-2H3. The van der Waals surface area contributed by atoms with Gasteiger partial charge in [-0.2, -0.15) is 0 Å². The van der Waals surface area contributed by atoms with Crippen LogP contribution in [-0.4, -0.2) is 70.4 Å². The molecule has 2 aliphatic heterocycles. The summed E-state index contributed by atoms with van der Waals surface area (Å²) in [6.45, 7) is 11.8. The van der Waals surface area contributed by atoms with Crippen LogP contribution in [-0.2, 0) is 16.3 Å². The van der Waals surface area contributed by atoms with E-state index in [0.29, 0.717) is 21.8 Å². The van der Waals surface area contributed by atoms with Gasteiger partial charge in [0.1, 0.15) is 0 Å². The van der Waals surface area contributed by atoms with Crippen molar-refractivity contribution in [2.45, 2.75) is 75.6 Å². The molecule has 7 heteroatoms. The number of rotatable bonds is 7. The lowest BCUT2D eigenvalue weighted by molar-refractivity contribution is 0.0552. The molecular weight excluding hydrogens is 554 g/mol. The van der Waals surface area contributed by atoms with E-state index in [2.05, 4.69) is 4.90 Å². The Morgan fingerprint density at radius 3 is 1.84 bits per heavy atom. The van der Waals surface area contributed by atoms with Crippen molar-refractivity contribution < 1.29 is 13.2 Å². The van der Waals surface area contributed by atoms with Crippen LogP contribution in [0.3, 0.4) is 0 Å². The molecule has 0 radical (unpaired) electrons. The third kappa shape index (κ3) is 8.70. The van der Waals surface area contributed by atoms with E-state index in [-0.39, 0.29) is 5.91 Å². The van der Waals surface area contributed by atoms with Gasteiger partial charge in [-0.25, -0.2) is 8.42 Å². The maximum Gasteiger partial charge on any atom is 0.255 e. The van der Waals surface area contributed by atoms with Gasteiger partial charge in [-0.3, -0.25) is 4.79 Å². The summed E-state index contributed by atoms with van der Waals surface area (Å²) in [7, 11) is 0.486. The van der Waals surface area contributed by atoms with E-state index >= 15 is 0 Å². The third-order valence-electron chi connectivity index (χ3n) is 8.35. The molecule has 234 valence electrons. The van der Waals surface area contributed by atoms with Gasteiger partial charge in [0.05, 0.1) is 15.4 Å². The summed E-state index contributed by atoms with van der Waals surface area (Å²) in [5.74, 6) is 0.751. The van der Waals surface area contributed by atoms with Crippen LogP contribution >= 0.6 is 0 Å². The number of para-hydroxylation sites is 1. The van der Waals surface area contributed by atoms with Gasteiger partial charge in [0, 0.05) is 38.9 Å². The molecule has 0 saturated carbocycles. The largest absolute Gasteiger partial charge is 0.377 e. The van der Waals surface area contributed by atoms with Crippen LogP contribution in [0.4, 0.5) is 5.69 Å². The molecule has 43 heavy (non-hydrogen) atoms. The number of hydrogen-bond donors (Lipinski definition) is 0. The van der Waals surface area contributed by atoms with Gasteiger partial charge in [0.15, 0.2) is 0 Å². The molecule has 3 aromatic carbocycles. The van der Waals surface area contributed by atoms with Crippen molar-refractivity contribution in [1.82, 2.24) is 9.80 Å². The Morgan fingerprint density at radius 2 is 1.26 bits per heavy atom. The number of benzene rings is 3. The van der Waals surface area contributed by atoms with Gasteiger partial charge in [0.2, 0.25) is 9.84 Å². The highest BCUT2D eigenvalue weighted by molar-refractivity contribution is 7.91. The third-order valence-corrected chi connectivity index (χ3v) is 10.1. The Morgan fingerprint density at radius 1 is 0.721 bits per heavy atom. The molecule has 3 aromatic rings. The molecule has 0 bridgehead atoms. The highest BCUT2D eigenvalue weighted by Crippen LogP contribution is 2.29. The Bertz CT molecular complexity index is 1360. The summed E-state index contributed by atoms with van der Waals surface area (Å²) in [6, 6.07) is 24.5. The predicted octanol–water partition coefficient (Wildman–Crippen LogP) is 7.20. The Hall–Kier alpha value is -3.16. The molecule has 0 N–H and O–H groups in total. The monoisotopic (exact) mass is 605 g/mol. The Labute approximate surface area is 260 Å². The topological polar surface area (TPSA) is 60.9 Å². The van der Waals surface area contributed by atoms with Crippen molar-refractivity contribution in [3.8, 4) is 0 Å². The minimum Gasteiger partial charge on any atom is -0.377 e. The van der Waals surface area contributed by atoms with E-state index < -0.39 is 9.84 Å². The van der Waals surface area contributed by atoms with Gasteiger partial charge in [-0.1, -0.05) is 70.2 Å². The van der Waals surface area contributed by atoms with Crippen LogP contribution in [0.25, 0.3) is 0 Å². The molecule has 2 aliphatic rings. The van der Waals surface area contributed by atoms with Gasteiger partial charge < -0.3 is 14.7 Å². The van der Waals surface area contributed by atoms with Crippen molar-refractivity contribution in [2.24, 2.45) is 5.92 Å². The van der Waals surface area contributed by atoms with E-state index in [1.54, 1.807) is 36.4 Å². The van der Waals surface area contributed by atoms with E-state index in [1.807, 2.05) is 94.1 Å². The highest BCUT2D eigenvalue weighted by Gasteiger charge is 2.30. The Balaban J connectivity index is 0.00000121. The average Bonchev–Trinajstić information content (AvgIpc) is 3.07. The number of nitrogens with zero attached hydrogens (tertiary/aromatic N) is 3. The number of likely N-dealkylation sites (tertiary alicyclic amines) is 2. The first-order chi connectivity index (χ1) is 20.8. The van der Waals surface area contributed by atoms with Gasteiger partial charge in [-0.05, 0) is 93.1 Å². The minimum atomic E-state index is -3.47. The second kappa shape index (κ2) is 16.6. The number of anilines is 1. The first kappa shape index (κ1) is 34.3. The number of carbonyl (C=O) groups excluding carboxylic acids is 1. The number of carbonyl (C=O) groups is 1. The lowest BCUT2D eigenvalue weighted by Gasteiger charge is -2.42. The van der Waals surface area contributed by atoms with Crippen molar-refractivity contribution in [1.29, 1.82) is 0 Å².